The molecule has 1 saturated carbocycles. The van der Waals surface area contributed by atoms with E-state index in [-0.39, 0.29) is 6.10 Å². The van der Waals surface area contributed by atoms with Crippen LogP contribution < -0.4 is 5.32 Å². The average molecular weight is 239 g/mol. The second kappa shape index (κ2) is 5.80. The van der Waals surface area contributed by atoms with Crippen molar-refractivity contribution in [1.82, 2.24) is 5.32 Å². The fourth-order valence-corrected chi connectivity index (χ4v) is 3.15. The normalized spacial score (nSPS) is 27.9. The lowest BCUT2D eigenvalue weighted by Gasteiger charge is -2.28. The first-order valence-electron chi connectivity index (χ1n) is 6.21. The van der Waals surface area contributed by atoms with Crippen LogP contribution in [0.5, 0.6) is 0 Å². The second-order valence-corrected chi connectivity index (χ2v) is 5.58. The Bertz CT molecular complexity index is 299. The maximum atomic E-state index is 9.87. The van der Waals surface area contributed by atoms with Crippen LogP contribution in [0.4, 0.5) is 0 Å². The molecule has 1 aliphatic rings. The van der Waals surface area contributed by atoms with E-state index in [1.54, 1.807) is 11.3 Å². The summed E-state index contributed by atoms with van der Waals surface area (Å²) in [5.74, 6) is 0.454. The lowest BCUT2D eigenvalue weighted by molar-refractivity contribution is 0.0684. The molecule has 0 aromatic carbocycles. The first kappa shape index (κ1) is 12.1. The van der Waals surface area contributed by atoms with E-state index in [9.17, 15) is 5.11 Å². The minimum Gasteiger partial charge on any atom is -0.393 e. The minimum atomic E-state index is -0.0871. The summed E-state index contributed by atoms with van der Waals surface area (Å²) >= 11 is 1.74. The van der Waals surface area contributed by atoms with Crippen LogP contribution in [-0.4, -0.2) is 17.8 Å². The zero-order valence-corrected chi connectivity index (χ0v) is 10.7. The third-order valence-corrected chi connectivity index (χ3v) is 4.30. The van der Waals surface area contributed by atoms with Crippen LogP contribution in [0.2, 0.25) is 0 Å². The van der Waals surface area contributed by atoms with Crippen LogP contribution in [0.25, 0.3) is 0 Å². The van der Waals surface area contributed by atoms with E-state index in [0.717, 1.165) is 13.0 Å². The van der Waals surface area contributed by atoms with Crippen LogP contribution in [0.1, 0.15) is 44.2 Å². The molecule has 0 amide bonds. The first-order chi connectivity index (χ1) is 7.77. The summed E-state index contributed by atoms with van der Waals surface area (Å²) in [5, 5.41) is 17.7. The molecular formula is C13H21NOS. The van der Waals surface area contributed by atoms with Crippen molar-refractivity contribution < 1.29 is 5.11 Å². The molecule has 2 rings (SSSR count). The van der Waals surface area contributed by atoms with Gasteiger partial charge < -0.3 is 10.4 Å². The number of nitrogens with one attached hydrogen (secondary N) is 1. The summed E-state index contributed by atoms with van der Waals surface area (Å²) in [7, 11) is 0. The Morgan fingerprint density at radius 3 is 3.00 bits per heavy atom. The van der Waals surface area contributed by atoms with Crippen LogP contribution >= 0.6 is 11.3 Å². The van der Waals surface area contributed by atoms with Gasteiger partial charge in [0.1, 0.15) is 0 Å². The van der Waals surface area contributed by atoms with E-state index < -0.39 is 0 Å². The Hall–Kier alpha value is -0.380. The van der Waals surface area contributed by atoms with Gasteiger partial charge in [-0.25, -0.2) is 0 Å². The first-order valence-corrected chi connectivity index (χ1v) is 7.15. The fourth-order valence-electron chi connectivity index (χ4n) is 2.39. The van der Waals surface area contributed by atoms with E-state index in [0.29, 0.717) is 12.0 Å². The van der Waals surface area contributed by atoms with Crippen molar-refractivity contribution in [1.29, 1.82) is 0 Å². The molecule has 2 nitrogen and oxygen atoms in total. The molecule has 3 unspecified atom stereocenters. The Balaban J connectivity index is 1.78. The molecule has 90 valence electrons. The maximum Gasteiger partial charge on any atom is 0.0580 e. The van der Waals surface area contributed by atoms with Gasteiger partial charge in [0.15, 0.2) is 0 Å². The largest absolute Gasteiger partial charge is 0.393 e. The van der Waals surface area contributed by atoms with Gasteiger partial charge in [0.2, 0.25) is 0 Å². The highest BCUT2D eigenvalue weighted by Gasteiger charge is 2.23. The Morgan fingerprint density at radius 2 is 2.31 bits per heavy atom. The average Bonchev–Trinajstić information content (AvgIpc) is 2.81. The molecule has 0 saturated heterocycles. The van der Waals surface area contributed by atoms with Gasteiger partial charge in [-0.05, 0) is 48.1 Å². The SMILES string of the molecule is CC(NCC1CCCCC1O)c1ccsc1. The summed E-state index contributed by atoms with van der Waals surface area (Å²) in [4.78, 5) is 0. The summed E-state index contributed by atoms with van der Waals surface area (Å²) < 4.78 is 0. The standard InChI is InChI=1S/C13H21NOS/c1-10(12-6-7-16-9-12)14-8-11-4-2-3-5-13(11)15/h6-7,9-11,13-15H,2-5,8H2,1H3. The predicted octanol–water partition coefficient (Wildman–Crippen LogP) is 2.95. The van der Waals surface area contributed by atoms with Gasteiger partial charge in [-0.15, -0.1) is 0 Å². The molecule has 1 aliphatic carbocycles. The number of hydrogen-bond acceptors (Lipinski definition) is 3. The van der Waals surface area contributed by atoms with Gasteiger partial charge in [0, 0.05) is 12.6 Å². The highest BCUT2D eigenvalue weighted by Crippen LogP contribution is 2.24. The molecule has 1 fully saturated rings. The molecule has 0 radical (unpaired) electrons. The molecular weight excluding hydrogens is 218 g/mol. The number of aliphatic hydroxyl groups excluding tert-OH is 1. The Labute approximate surface area is 102 Å². The molecule has 3 heteroatoms. The Kier molecular flexibility index (Phi) is 4.38. The van der Waals surface area contributed by atoms with Crippen LogP contribution in [0, 0.1) is 5.92 Å². The monoisotopic (exact) mass is 239 g/mol. The minimum absolute atomic E-state index is 0.0871. The molecule has 1 aromatic rings. The summed E-state index contributed by atoms with van der Waals surface area (Å²) in [6, 6.07) is 2.57. The van der Waals surface area contributed by atoms with Gasteiger partial charge in [0.25, 0.3) is 0 Å². The summed E-state index contributed by atoms with van der Waals surface area (Å²) in [5.41, 5.74) is 1.36. The molecule has 3 atom stereocenters. The molecule has 1 aromatic heterocycles. The third kappa shape index (κ3) is 3.06. The van der Waals surface area contributed by atoms with E-state index in [4.69, 9.17) is 0 Å². The molecule has 16 heavy (non-hydrogen) atoms. The lowest BCUT2D eigenvalue weighted by atomic mass is 9.86. The molecule has 1 heterocycles. The zero-order chi connectivity index (χ0) is 11.4. The molecule has 0 bridgehead atoms. The molecule has 0 aliphatic heterocycles. The van der Waals surface area contributed by atoms with Gasteiger partial charge >= 0.3 is 0 Å². The van der Waals surface area contributed by atoms with Crippen molar-refractivity contribution in [2.75, 3.05) is 6.54 Å². The number of aliphatic hydroxyl groups is 1. The van der Waals surface area contributed by atoms with Crippen LogP contribution in [0.3, 0.4) is 0 Å². The predicted molar refractivity (Wildman–Crippen MR) is 68.7 cm³/mol. The van der Waals surface area contributed by atoms with Crippen molar-refractivity contribution in [3.05, 3.63) is 22.4 Å². The number of rotatable bonds is 4. The van der Waals surface area contributed by atoms with Crippen molar-refractivity contribution in [3.63, 3.8) is 0 Å². The summed E-state index contributed by atoms with van der Waals surface area (Å²) in [6.45, 7) is 3.13. The van der Waals surface area contributed by atoms with E-state index in [2.05, 4.69) is 29.1 Å². The maximum absolute atomic E-state index is 9.87. The van der Waals surface area contributed by atoms with E-state index in [1.165, 1.54) is 24.8 Å². The van der Waals surface area contributed by atoms with Crippen molar-refractivity contribution in [2.45, 2.75) is 44.8 Å². The van der Waals surface area contributed by atoms with Gasteiger partial charge in [-0.1, -0.05) is 12.8 Å². The van der Waals surface area contributed by atoms with Gasteiger partial charge in [0.05, 0.1) is 6.10 Å². The van der Waals surface area contributed by atoms with Gasteiger partial charge in [-0.3, -0.25) is 0 Å². The second-order valence-electron chi connectivity index (χ2n) is 4.80. The molecule has 2 N–H and O–H groups in total. The van der Waals surface area contributed by atoms with E-state index >= 15 is 0 Å². The topological polar surface area (TPSA) is 32.3 Å². The lowest BCUT2D eigenvalue weighted by Crippen LogP contribution is -2.34. The fraction of sp³-hybridized carbons (Fsp3) is 0.692. The summed E-state index contributed by atoms with van der Waals surface area (Å²) in [6.07, 6.45) is 4.54. The number of thiophene rings is 1. The molecule has 0 spiro atoms. The highest BCUT2D eigenvalue weighted by atomic mass is 32.1. The van der Waals surface area contributed by atoms with Crippen LogP contribution in [-0.2, 0) is 0 Å². The van der Waals surface area contributed by atoms with E-state index in [1.807, 2.05) is 0 Å². The van der Waals surface area contributed by atoms with Crippen LogP contribution in [0.15, 0.2) is 16.8 Å². The highest BCUT2D eigenvalue weighted by molar-refractivity contribution is 7.07. The number of hydrogen-bond donors (Lipinski definition) is 2. The smallest absolute Gasteiger partial charge is 0.0580 e. The zero-order valence-electron chi connectivity index (χ0n) is 9.86. The van der Waals surface area contributed by atoms with Gasteiger partial charge in [-0.2, -0.15) is 11.3 Å². The van der Waals surface area contributed by atoms with Crippen molar-refractivity contribution >= 4 is 11.3 Å². The third-order valence-electron chi connectivity index (χ3n) is 3.60. The van der Waals surface area contributed by atoms with Crippen molar-refractivity contribution in [2.24, 2.45) is 5.92 Å². The Morgan fingerprint density at radius 1 is 1.50 bits per heavy atom. The van der Waals surface area contributed by atoms with Crippen molar-refractivity contribution in [3.8, 4) is 0 Å². The quantitative estimate of drug-likeness (QED) is 0.846.